The minimum absolute atomic E-state index is 0.000882. The number of carboxylic acid groups (broad SMARTS) is 2. The number of aromatic nitrogens is 1. The molecule has 3 aliphatic heterocycles. The molecule has 0 aromatic carbocycles. The van der Waals surface area contributed by atoms with Crippen molar-refractivity contribution in [1.82, 2.24) is 14.8 Å². The Kier molecular flexibility index (Phi) is 10.1. The highest BCUT2D eigenvalue weighted by molar-refractivity contribution is 5.80. The Labute approximate surface area is 180 Å². The van der Waals surface area contributed by atoms with Crippen molar-refractivity contribution in [3.63, 3.8) is 0 Å². The van der Waals surface area contributed by atoms with Gasteiger partial charge in [-0.25, -0.2) is 4.98 Å². The van der Waals surface area contributed by atoms with Crippen molar-refractivity contribution < 1.29 is 38.8 Å². The summed E-state index contributed by atoms with van der Waals surface area (Å²) in [5, 5.41) is 13.8. The van der Waals surface area contributed by atoms with Gasteiger partial charge in [0.2, 0.25) is 11.8 Å². The average molecular weight is 439 g/mol. The van der Waals surface area contributed by atoms with Crippen molar-refractivity contribution in [1.29, 1.82) is 0 Å². The first-order valence-corrected chi connectivity index (χ1v) is 9.97. The summed E-state index contributed by atoms with van der Waals surface area (Å²) in [6.45, 7) is 4.30. The van der Waals surface area contributed by atoms with Crippen molar-refractivity contribution in [2.45, 2.75) is 25.1 Å². The molecule has 172 valence electrons. The summed E-state index contributed by atoms with van der Waals surface area (Å²) < 4.78 is 16.5. The Balaban J connectivity index is 0.000000513. The van der Waals surface area contributed by atoms with E-state index < -0.39 is 0 Å². The van der Waals surface area contributed by atoms with Crippen LogP contribution in [0.3, 0.4) is 0 Å². The van der Waals surface area contributed by atoms with Gasteiger partial charge in [0.15, 0.2) is 0 Å². The van der Waals surface area contributed by atoms with Gasteiger partial charge < -0.3 is 29.3 Å². The Morgan fingerprint density at radius 3 is 2.55 bits per heavy atom. The number of morpholine rings is 1. The third kappa shape index (κ3) is 6.61. The molecule has 3 fully saturated rings. The zero-order valence-electron chi connectivity index (χ0n) is 17.5. The maximum absolute atomic E-state index is 13.0. The minimum Gasteiger partial charge on any atom is -0.483 e. The maximum atomic E-state index is 13.0. The lowest BCUT2D eigenvalue weighted by atomic mass is 10.0. The van der Waals surface area contributed by atoms with Crippen molar-refractivity contribution in [3.05, 3.63) is 23.9 Å². The molecule has 3 saturated heterocycles. The van der Waals surface area contributed by atoms with Crippen molar-refractivity contribution in [2.24, 2.45) is 5.92 Å². The molecule has 0 spiro atoms. The number of fused-ring (bicyclic) bond motifs is 1. The smallest absolute Gasteiger partial charge is 0.290 e. The number of hydrogen-bond donors (Lipinski definition) is 2. The molecular weight excluding hydrogens is 410 g/mol. The summed E-state index contributed by atoms with van der Waals surface area (Å²) in [6, 6.07) is 6.10. The topological polar surface area (TPSA) is 139 Å². The van der Waals surface area contributed by atoms with E-state index in [4.69, 9.17) is 34.0 Å². The van der Waals surface area contributed by atoms with Crippen LogP contribution in [-0.4, -0.2) is 103 Å². The summed E-state index contributed by atoms with van der Waals surface area (Å²) in [5.74, 6) is 0.745. The molecule has 4 rings (SSSR count). The first-order chi connectivity index (χ1) is 15.1. The maximum Gasteiger partial charge on any atom is 0.290 e. The van der Waals surface area contributed by atoms with Crippen LogP contribution in [0.25, 0.3) is 0 Å². The number of carbonyl (C=O) groups excluding carboxylic acids is 1. The van der Waals surface area contributed by atoms with E-state index in [0.29, 0.717) is 44.8 Å². The van der Waals surface area contributed by atoms with Gasteiger partial charge >= 0.3 is 0 Å². The number of carbonyl (C=O) groups is 3. The van der Waals surface area contributed by atoms with Crippen LogP contribution in [0.2, 0.25) is 0 Å². The van der Waals surface area contributed by atoms with Crippen LogP contribution < -0.4 is 4.74 Å². The highest BCUT2D eigenvalue weighted by atomic mass is 16.5. The Hall–Kier alpha value is -2.76. The SMILES string of the molecule is COc1cccc(CN2C[C@H](C(=O)N3CCOCC3)[C@H]3OCC[C@H]32)n1.O=CO.O=CO. The molecule has 11 nitrogen and oxygen atoms in total. The molecule has 0 unspecified atom stereocenters. The van der Waals surface area contributed by atoms with Gasteiger partial charge in [0.25, 0.3) is 12.9 Å². The van der Waals surface area contributed by atoms with Crippen molar-refractivity contribution in [2.75, 3.05) is 46.6 Å². The van der Waals surface area contributed by atoms with E-state index in [1.54, 1.807) is 7.11 Å². The lowest BCUT2D eigenvalue weighted by Crippen LogP contribution is -2.46. The van der Waals surface area contributed by atoms with E-state index in [2.05, 4.69) is 9.88 Å². The van der Waals surface area contributed by atoms with Crippen LogP contribution in [0, 0.1) is 5.92 Å². The second kappa shape index (κ2) is 12.8. The zero-order valence-corrected chi connectivity index (χ0v) is 17.5. The van der Waals surface area contributed by atoms with E-state index in [0.717, 1.165) is 25.3 Å². The highest BCUT2D eigenvalue weighted by Crippen LogP contribution is 2.35. The average Bonchev–Trinajstić information content (AvgIpc) is 3.39. The molecule has 1 aromatic heterocycles. The first-order valence-electron chi connectivity index (χ1n) is 9.97. The molecule has 0 radical (unpaired) electrons. The van der Waals surface area contributed by atoms with Crippen molar-refractivity contribution in [3.8, 4) is 5.88 Å². The largest absolute Gasteiger partial charge is 0.483 e. The van der Waals surface area contributed by atoms with Crippen LogP contribution in [0.1, 0.15) is 12.1 Å². The molecule has 0 bridgehead atoms. The van der Waals surface area contributed by atoms with E-state index >= 15 is 0 Å². The van der Waals surface area contributed by atoms with Gasteiger partial charge in [0.05, 0.1) is 38.0 Å². The molecule has 3 atom stereocenters. The zero-order chi connectivity index (χ0) is 22.6. The lowest BCUT2D eigenvalue weighted by molar-refractivity contribution is -0.142. The van der Waals surface area contributed by atoms with Gasteiger partial charge in [-0.3, -0.25) is 19.3 Å². The van der Waals surface area contributed by atoms with Gasteiger partial charge in [-0.2, -0.15) is 0 Å². The number of nitrogens with zero attached hydrogens (tertiary/aromatic N) is 3. The number of hydrogen-bond acceptors (Lipinski definition) is 8. The number of ether oxygens (including phenoxy) is 3. The number of likely N-dealkylation sites (tertiary alicyclic amines) is 1. The standard InChI is InChI=1S/C18H25N3O4.2CH2O2/c1-23-16-4-2-3-13(19-16)11-21-12-14(17-15(21)5-8-25-17)18(22)20-6-9-24-10-7-20;2*2-1-3/h2-4,14-15,17H,5-12H2,1H3;2*1H,(H,2,3)/t14-,15+,17+;;/m0../s1. The molecule has 2 N–H and O–H groups in total. The molecule has 0 saturated carbocycles. The fourth-order valence-corrected chi connectivity index (χ4v) is 4.15. The number of rotatable bonds is 4. The number of amides is 1. The van der Waals surface area contributed by atoms with Crippen LogP contribution in [0.5, 0.6) is 5.88 Å². The Morgan fingerprint density at radius 2 is 1.90 bits per heavy atom. The van der Waals surface area contributed by atoms with E-state index in [1.807, 2.05) is 23.1 Å². The van der Waals surface area contributed by atoms with E-state index in [1.165, 1.54) is 0 Å². The highest BCUT2D eigenvalue weighted by Gasteiger charge is 2.49. The molecule has 31 heavy (non-hydrogen) atoms. The summed E-state index contributed by atoms with van der Waals surface area (Å²) >= 11 is 0. The molecule has 1 amide bonds. The molecular formula is C20H29N3O8. The Bertz CT molecular complexity index is 707. The second-order valence-electron chi connectivity index (χ2n) is 7.05. The monoisotopic (exact) mass is 439 g/mol. The normalized spacial score (nSPS) is 24.7. The third-order valence-electron chi connectivity index (χ3n) is 5.40. The number of pyridine rings is 1. The summed E-state index contributed by atoms with van der Waals surface area (Å²) in [7, 11) is 1.62. The quantitative estimate of drug-likeness (QED) is 0.613. The predicted molar refractivity (Wildman–Crippen MR) is 108 cm³/mol. The lowest BCUT2D eigenvalue weighted by Gasteiger charge is -2.30. The van der Waals surface area contributed by atoms with Crippen LogP contribution in [0.4, 0.5) is 0 Å². The van der Waals surface area contributed by atoms with Gasteiger partial charge in [-0.05, 0) is 12.5 Å². The predicted octanol–water partition coefficient (Wildman–Crippen LogP) is -0.0601. The molecule has 1 aromatic rings. The van der Waals surface area contributed by atoms with E-state index in [-0.39, 0.29) is 30.9 Å². The Morgan fingerprint density at radius 1 is 1.23 bits per heavy atom. The van der Waals surface area contributed by atoms with E-state index in [9.17, 15) is 4.79 Å². The molecule has 0 aliphatic carbocycles. The molecule has 3 aliphatic rings. The summed E-state index contributed by atoms with van der Waals surface area (Å²) in [5.41, 5.74) is 0.962. The van der Waals surface area contributed by atoms with Crippen molar-refractivity contribution >= 4 is 18.9 Å². The molecule has 11 heteroatoms. The fraction of sp³-hybridized carbons (Fsp3) is 0.600. The third-order valence-corrected chi connectivity index (χ3v) is 5.40. The van der Waals surface area contributed by atoms with Crippen LogP contribution >= 0.6 is 0 Å². The number of methoxy groups -OCH3 is 1. The van der Waals surface area contributed by atoms with Crippen LogP contribution in [0.15, 0.2) is 18.2 Å². The first kappa shape index (κ1) is 24.5. The minimum atomic E-state index is -0.250. The summed E-state index contributed by atoms with van der Waals surface area (Å²) in [4.78, 5) is 38.5. The summed E-state index contributed by atoms with van der Waals surface area (Å²) in [6.07, 6.45) is 0.975. The van der Waals surface area contributed by atoms with Gasteiger partial charge in [-0.1, -0.05) is 6.07 Å². The second-order valence-corrected chi connectivity index (χ2v) is 7.05. The van der Waals surface area contributed by atoms with Gasteiger partial charge in [0, 0.05) is 44.9 Å². The molecule has 4 heterocycles. The fourth-order valence-electron chi connectivity index (χ4n) is 4.15. The van der Waals surface area contributed by atoms with Gasteiger partial charge in [0.1, 0.15) is 0 Å². The van der Waals surface area contributed by atoms with Crippen LogP contribution in [-0.2, 0) is 30.4 Å². The van der Waals surface area contributed by atoms with Gasteiger partial charge in [-0.15, -0.1) is 0 Å².